The summed E-state index contributed by atoms with van der Waals surface area (Å²) in [6, 6.07) is -0.696. The van der Waals surface area contributed by atoms with Gasteiger partial charge in [-0.3, -0.25) is 4.79 Å². The minimum atomic E-state index is -0.895. The number of rotatable bonds is 3. The van der Waals surface area contributed by atoms with Crippen molar-refractivity contribution < 1.29 is 14.7 Å². The number of hydrogen-bond acceptors (Lipinski definition) is 5. The van der Waals surface area contributed by atoms with Crippen molar-refractivity contribution in [1.82, 2.24) is 9.80 Å². The summed E-state index contributed by atoms with van der Waals surface area (Å²) in [6.07, 6.45) is 1.67. The first-order valence-corrected chi connectivity index (χ1v) is 8.52. The minimum absolute atomic E-state index is 0.0676. The molecule has 20 heavy (non-hydrogen) atoms. The first kappa shape index (κ1) is 16.0. The first-order valence-electron chi connectivity index (χ1n) is 6.90. The van der Waals surface area contributed by atoms with E-state index in [9.17, 15) is 14.7 Å². The van der Waals surface area contributed by atoms with Crippen molar-refractivity contribution in [3.8, 4) is 0 Å². The van der Waals surface area contributed by atoms with Gasteiger partial charge in [0.25, 0.3) is 0 Å². The third-order valence-electron chi connectivity index (χ3n) is 4.25. The quantitative estimate of drug-likeness (QED) is 0.760. The molecule has 2 rings (SSSR count). The maximum absolute atomic E-state index is 12.6. The predicted molar refractivity (Wildman–Crippen MR) is 83.2 cm³/mol. The largest absolute Gasteiger partial charge is 0.480 e. The third-order valence-corrected chi connectivity index (χ3v) is 6.42. The summed E-state index contributed by atoms with van der Waals surface area (Å²) in [5.74, 6) is -0.266. The number of carbonyl (C=O) groups excluding carboxylic acids is 1. The number of thiol groups is 1. The van der Waals surface area contributed by atoms with Gasteiger partial charge in [-0.1, -0.05) is 6.92 Å². The van der Waals surface area contributed by atoms with Gasteiger partial charge in [0.2, 0.25) is 5.91 Å². The number of carboxylic acid groups (broad SMARTS) is 1. The monoisotopic (exact) mass is 318 g/mol. The Morgan fingerprint density at radius 3 is 2.55 bits per heavy atom. The molecule has 0 aliphatic carbocycles. The highest BCUT2D eigenvalue weighted by Crippen LogP contribution is 2.47. The molecule has 5 nitrogen and oxygen atoms in total. The second-order valence-electron chi connectivity index (χ2n) is 5.71. The van der Waals surface area contributed by atoms with Crippen LogP contribution in [0, 0.1) is 5.92 Å². The van der Waals surface area contributed by atoms with Crippen molar-refractivity contribution in [3.63, 3.8) is 0 Å². The van der Waals surface area contributed by atoms with Crippen LogP contribution < -0.4 is 0 Å². The molecular weight excluding hydrogens is 296 g/mol. The van der Waals surface area contributed by atoms with Crippen molar-refractivity contribution >= 4 is 36.3 Å². The van der Waals surface area contributed by atoms with Gasteiger partial charge in [0.15, 0.2) is 0 Å². The van der Waals surface area contributed by atoms with Gasteiger partial charge in [-0.15, -0.1) is 11.8 Å². The molecule has 2 fully saturated rings. The van der Waals surface area contributed by atoms with Gasteiger partial charge >= 0.3 is 5.97 Å². The Kier molecular flexibility index (Phi) is 4.92. The van der Waals surface area contributed by atoms with Gasteiger partial charge in [-0.25, -0.2) is 4.79 Å². The van der Waals surface area contributed by atoms with E-state index in [1.54, 1.807) is 16.7 Å². The average molecular weight is 318 g/mol. The standard InChI is InChI=1S/C13H22N2O3S2/c1-9(7-19)11(16)15-10(12(17)18)8-20-13(15)3-5-14(2)6-4-13/h9-10,19H,3-8H2,1-2H3,(H,17,18)/t9-,10-/m0/s1. The zero-order chi connectivity index (χ0) is 14.9. The van der Waals surface area contributed by atoms with Crippen LogP contribution in [0.4, 0.5) is 0 Å². The lowest BCUT2D eigenvalue weighted by molar-refractivity contribution is -0.153. The van der Waals surface area contributed by atoms with Crippen LogP contribution in [0.1, 0.15) is 19.8 Å². The van der Waals surface area contributed by atoms with Crippen molar-refractivity contribution in [2.45, 2.75) is 30.7 Å². The van der Waals surface area contributed by atoms with E-state index >= 15 is 0 Å². The Hall–Kier alpha value is -0.400. The van der Waals surface area contributed by atoms with Crippen LogP contribution in [-0.4, -0.2) is 69.3 Å². The molecule has 2 heterocycles. The molecule has 0 radical (unpaired) electrons. The van der Waals surface area contributed by atoms with Crippen LogP contribution in [0.5, 0.6) is 0 Å². The zero-order valence-electron chi connectivity index (χ0n) is 11.9. The highest BCUT2D eigenvalue weighted by molar-refractivity contribution is 8.01. The summed E-state index contributed by atoms with van der Waals surface area (Å²) >= 11 is 5.83. The van der Waals surface area contributed by atoms with Crippen LogP contribution in [0.2, 0.25) is 0 Å². The molecule has 0 bridgehead atoms. The van der Waals surface area contributed by atoms with Gasteiger partial charge < -0.3 is 14.9 Å². The number of amides is 1. The van der Waals surface area contributed by atoms with E-state index < -0.39 is 12.0 Å². The summed E-state index contributed by atoms with van der Waals surface area (Å²) in [4.78, 5) is 27.7. The van der Waals surface area contributed by atoms with E-state index in [1.165, 1.54) is 0 Å². The summed E-state index contributed by atoms with van der Waals surface area (Å²) in [5, 5.41) is 9.42. The second kappa shape index (κ2) is 6.15. The number of hydrogen-bond donors (Lipinski definition) is 2. The molecule has 0 saturated carbocycles. The van der Waals surface area contributed by atoms with Gasteiger partial charge in [-0.05, 0) is 19.9 Å². The van der Waals surface area contributed by atoms with Crippen molar-refractivity contribution in [3.05, 3.63) is 0 Å². The van der Waals surface area contributed by atoms with Gasteiger partial charge in [0, 0.05) is 30.5 Å². The van der Waals surface area contributed by atoms with Crippen molar-refractivity contribution in [1.29, 1.82) is 0 Å². The van der Waals surface area contributed by atoms with Gasteiger partial charge in [0.05, 0.1) is 4.87 Å². The molecule has 0 aromatic carbocycles. The fraction of sp³-hybridized carbons (Fsp3) is 0.846. The molecule has 2 aliphatic heterocycles. The van der Waals surface area contributed by atoms with Crippen LogP contribution in [0.25, 0.3) is 0 Å². The Labute approximate surface area is 129 Å². The van der Waals surface area contributed by atoms with Gasteiger partial charge in [0.1, 0.15) is 6.04 Å². The van der Waals surface area contributed by atoms with E-state index in [4.69, 9.17) is 0 Å². The lowest BCUT2D eigenvalue weighted by Crippen LogP contribution is -2.57. The van der Waals surface area contributed by atoms with E-state index in [-0.39, 0.29) is 16.7 Å². The number of carbonyl (C=O) groups is 2. The maximum atomic E-state index is 12.6. The summed E-state index contributed by atoms with van der Waals surface area (Å²) < 4.78 is 0. The fourth-order valence-electron chi connectivity index (χ4n) is 2.87. The highest BCUT2D eigenvalue weighted by Gasteiger charge is 2.53. The van der Waals surface area contributed by atoms with Crippen LogP contribution in [-0.2, 0) is 9.59 Å². The number of thioether (sulfide) groups is 1. The molecule has 2 saturated heterocycles. The van der Waals surface area contributed by atoms with E-state index in [2.05, 4.69) is 24.6 Å². The molecular formula is C13H22N2O3S2. The number of aliphatic carboxylic acids is 1. The maximum Gasteiger partial charge on any atom is 0.327 e. The Balaban J connectivity index is 2.27. The normalized spacial score (nSPS) is 27.8. The lowest BCUT2D eigenvalue weighted by atomic mass is 9.99. The van der Waals surface area contributed by atoms with Gasteiger partial charge in [-0.2, -0.15) is 12.6 Å². The molecule has 1 amide bonds. The van der Waals surface area contributed by atoms with Crippen molar-refractivity contribution in [2.24, 2.45) is 5.92 Å². The van der Waals surface area contributed by atoms with Crippen LogP contribution in [0.3, 0.4) is 0 Å². The molecule has 1 N–H and O–H groups in total. The molecule has 2 aliphatic rings. The Morgan fingerprint density at radius 1 is 1.45 bits per heavy atom. The smallest absolute Gasteiger partial charge is 0.327 e. The number of nitrogens with zero attached hydrogens (tertiary/aromatic N) is 2. The number of likely N-dealkylation sites (tertiary alicyclic amines) is 1. The fourth-order valence-corrected chi connectivity index (χ4v) is 4.61. The van der Waals surface area contributed by atoms with E-state index in [1.807, 2.05) is 6.92 Å². The molecule has 0 aromatic rings. The molecule has 1 spiro atoms. The van der Waals surface area contributed by atoms with Crippen molar-refractivity contribution in [2.75, 3.05) is 31.6 Å². The topological polar surface area (TPSA) is 60.9 Å². The Morgan fingerprint density at radius 2 is 2.05 bits per heavy atom. The molecule has 0 unspecified atom stereocenters. The highest BCUT2D eigenvalue weighted by atomic mass is 32.2. The molecule has 114 valence electrons. The number of piperidine rings is 1. The molecule has 2 atom stereocenters. The SMILES string of the molecule is C[C@@H](CS)C(=O)N1[C@H](C(=O)O)CSC12CCN(C)CC2. The minimum Gasteiger partial charge on any atom is -0.480 e. The predicted octanol–water partition coefficient (Wildman–Crippen LogP) is 1.00. The van der Waals surface area contributed by atoms with E-state index in [0.717, 1.165) is 25.9 Å². The molecule has 0 aromatic heterocycles. The first-order chi connectivity index (χ1) is 9.41. The Bertz CT molecular complexity index is 397. The van der Waals surface area contributed by atoms with E-state index in [0.29, 0.717) is 11.5 Å². The summed E-state index contributed by atoms with van der Waals surface area (Å²) in [6.45, 7) is 3.62. The number of carboxylic acids is 1. The summed E-state index contributed by atoms with van der Waals surface area (Å²) in [5.41, 5.74) is 0. The van der Waals surface area contributed by atoms with Crippen LogP contribution in [0.15, 0.2) is 0 Å². The molecule has 7 heteroatoms. The van der Waals surface area contributed by atoms with Crippen LogP contribution >= 0.6 is 24.4 Å². The summed E-state index contributed by atoms with van der Waals surface area (Å²) in [7, 11) is 2.06. The zero-order valence-corrected chi connectivity index (χ0v) is 13.6. The average Bonchev–Trinajstić information content (AvgIpc) is 2.80. The third kappa shape index (κ3) is 2.80. The lowest BCUT2D eigenvalue weighted by Gasteiger charge is -2.45. The second-order valence-corrected chi connectivity index (χ2v) is 7.45.